The van der Waals surface area contributed by atoms with Gasteiger partial charge in [0.2, 0.25) is 0 Å². The number of hydrogen-bond acceptors (Lipinski definition) is 5. The quantitative estimate of drug-likeness (QED) is 0.490. The number of thiophene rings is 1. The predicted molar refractivity (Wildman–Crippen MR) is 117 cm³/mol. The van der Waals surface area contributed by atoms with Crippen molar-refractivity contribution in [3.05, 3.63) is 70.8 Å². The molecule has 1 saturated heterocycles. The lowest BCUT2D eigenvalue weighted by Gasteiger charge is -2.31. The van der Waals surface area contributed by atoms with E-state index in [0.717, 1.165) is 52.6 Å². The van der Waals surface area contributed by atoms with E-state index in [1.54, 1.807) is 7.11 Å². The van der Waals surface area contributed by atoms with E-state index >= 15 is 0 Å². The van der Waals surface area contributed by atoms with Gasteiger partial charge in [-0.3, -0.25) is 4.79 Å². The fraction of sp³-hybridized carbons (Fsp3) is 0.261. The zero-order valence-corrected chi connectivity index (χ0v) is 17.5. The van der Waals surface area contributed by atoms with E-state index < -0.39 is 0 Å². The van der Waals surface area contributed by atoms with Crippen LogP contribution in [-0.2, 0) is 0 Å². The van der Waals surface area contributed by atoms with Crippen molar-refractivity contribution < 1.29 is 9.53 Å². The van der Waals surface area contributed by atoms with Crippen LogP contribution in [0.5, 0.6) is 5.75 Å². The summed E-state index contributed by atoms with van der Waals surface area (Å²) < 4.78 is 7.17. The first-order valence-corrected chi connectivity index (χ1v) is 10.9. The Labute approximate surface area is 178 Å². The lowest BCUT2D eigenvalue weighted by atomic mass is 9.97. The van der Waals surface area contributed by atoms with Gasteiger partial charge >= 0.3 is 0 Å². The number of piperidine rings is 1. The van der Waals surface area contributed by atoms with Crippen LogP contribution < -0.4 is 4.74 Å². The molecule has 0 N–H and O–H groups in total. The highest BCUT2D eigenvalue weighted by atomic mass is 32.1. The van der Waals surface area contributed by atoms with Crippen molar-refractivity contribution in [2.45, 2.75) is 18.8 Å². The first-order chi connectivity index (χ1) is 14.7. The average molecular weight is 419 g/mol. The number of likely N-dealkylation sites (tertiary alicyclic amines) is 1. The highest BCUT2D eigenvalue weighted by Crippen LogP contribution is 2.28. The Bertz CT molecular complexity index is 1190. The van der Waals surface area contributed by atoms with Crippen LogP contribution in [0.2, 0.25) is 0 Å². The number of ether oxygens (including phenoxy) is 1. The SMILES string of the molecule is COc1cccc(-c2ccc3nc(C4CCCN(C(=O)c5cccs5)C4)nn3c2)c1. The van der Waals surface area contributed by atoms with Crippen LogP contribution in [0.3, 0.4) is 0 Å². The van der Waals surface area contributed by atoms with E-state index in [4.69, 9.17) is 14.8 Å². The average Bonchev–Trinajstić information content (AvgIpc) is 3.48. The zero-order chi connectivity index (χ0) is 20.5. The fourth-order valence-electron chi connectivity index (χ4n) is 3.98. The molecule has 1 amide bonds. The van der Waals surface area contributed by atoms with E-state index in [2.05, 4.69) is 12.1 Å². The van der Waals surface area contributed by atoms with Crippen LogP contribution in [0.4, 0.5) is 0 Å². The van der Waals surface area contributed by atoms with Crippen molar-refractivity contribution in [3.63, 3.8) is 0 Å². The highest BCUT2D eigenvalue weighted by Gasteiger charge is 2.28. The highest BCUT2D eigenvalue weighted by molar-refractivity contribution is 7.12. The number of benzene rings is 1. The smallest absolute Gasteiger partial charge is 0.263 e. The molecular formula is C23H22N4O2S. The molecule has 4 aromatic rings. The Morgan fingerprint density at radius 3 is 2.93 bits per heavy atom. The van der Waals surface area contributed by atoms with Crippen LogP contribution in [0, 0.1) is 0 Å². The third-order valence-corrected chi connectivity index (χ3v) is 6.41. The third kappa shape index (κ3) is 3.57. The Hall–Kier alpha value is -3.19. The molecule has 3 aromatic heterocycles. The van der Waals surface area contributed by atoms with Gasteiger partial charge in [0.15, 0.2) is 11.5 Å². The number of carbonyl (C=O) groups excluding carboxylic acids is 1. The molecule has 6 nitrogen and oxygen atoms in total. The van der Waals surface area contributed by atoms with Crippen molar-refractivity contribution in [2.24, 2.45) is 0 Å². The number of hydrogen-bond donors (Lipinski definition) is 0. The molecule has 152 valence electrons. The van der Waals surface area contributed by atoms with Gasteiger partial charge in [0, 0.05) is 30.8 Å². The van der Waals surface area contributed by atoms with Gasteiger partial charge in [-0.2, -0.15) is 5.10 Å². The largest absolute Gasteiger partial charge is 0.497 e. The summed E-state index contributed by atoms with van der Waals surface area (Å²) in [5.41, 5.74) is 2.94. The normalized spacial score (nSPS) is 16.7. The summed E-state index contributed by atoms with van der Waals surface area (Å²) in [7, 11) is 1.67. The molecule has 0 bridgehead atoms. The molecule has 7 heteroatoms. The van der Waals surface area contributed by atoms with E-state index in [9.17, 15) is 4.79 Å². The first-order valence-electron chi connectivity index (χ1n) is 10.0. The maximum absolute atomic E-state index is 12.7. The van der Waals surface area contributed by atoms with Crippen molar-refractivity contribution in [1.29, 1.82) is 0 Å². The molecule has 30 heavy (non-hydrogen) atoms. The molecule has 1 aliphatic heterocycles. The van der Waals surface area contributed by atoms with E-state index in [1.807, 2.05) is 57.4 Å². The number of nitrogens with zero attached hydrogens (tertiary/aromatic N) is 4. The number of rotatable bonds is 4. The third-order valence-electron chi connectivity index (χ3n) is 5.56. The van der Waals surface area contributed by atoms with Crippen LogP contribution >= 0.6 is 11.3 Å². The summed E-state index contributed by atoms with van der Waals surface area (Å²) in [5.74, 6) is 1.90. The minimum atomic E-state index is 0.110. The van der Waals surface area contributed by atoms with Gasteiger partial charge in [0.05, 0.1) is 12.0 Å². The minimum absolute atomic E-state index is 0.110. The summed E-state index contributed by atoms with van der Waals surface area (Å²) in [4.78, 5) is 20.2. The molecule has 0 aliphatic carbocycles. The Kier molecular flexibility index (Phi) is 4.96. The van der Waals surface area contributed by atoms with Gasteiger partial charge in [-0.15, -0.1) is 11.3 Å². The Morgan fingerprint density at radius 2 is 2.10 bits per heavy atom. The monoisotopic (exact) mass is 418 g/mol. The number of amides is 1. The van der Waals surface area contributed by atoms with E-state index in [0.29, 0.717) is 6.54 Å². The predicted octanol–water partition coefficient (Wildman–Crippen LogP) is 4.49. The van der Waals surface area contributed by atoms with Crippen LogP contribution in [0.25, 0.3) is 16.8 Å². The Balaban J connectivity index is 1.40. The van der Waals surface area contributed by atoms with Crippen molar-refractivity contribution in [3.8, 4) is 16.9 Å². The maximum Gasteiger partial charge on any atom is 0.263 e. The second-order valence-corrected chi connectivity index (χ2v) is 8.44. The number of pyridine rings is 1. The van der Waals surface area contributed by atoms with Crippen molar-refractivity contribution >= 4 is 22.9 Å². The van der Waals surface area contributed by atoms with Gasteiger partial charge in [0.1, 0.15) is 5.75 Å². The summed E-state index contributed by atoms with van der Waals surface area (Å²) in [6.07, 6.45) is 3.96. The van der Waals surface area contributed by atoms with Crippen molar-refractivity contribution in [2.75, 3.05) is 20.2 Å². The first kappa shape index (κ1) is 18.8. The molecule has 0 saturated carbocycles. The van der Waals surface area contributed by atoms with Gasteiger partial charge in [-0.05, 0) is 54.1 Å². The molecule has 0 spiro atoms. The lowest BCUT2D eigenvalue weighted by Crippen LogP contribution is -2.39. The second-order valence-electron chi connectivity index (χ2n) is 7.49. The standard InChI is InChI=1S/C23H22N4O2S/c1-29-19-7-2-5-16(13-19)17-9-10-21-24-22(25-27(21)15-17)18-6-3-11-26(14-18)23(28)20-8-4-12-30-20/h2,4-5,7-10,12-13,15,18H,3,6,11,14H2,1H3. The van der Waals surface area contributed by atoms with Crippen LogP contribution in [0.1, 0.15) is 34.3 Å². The number of methoxy groups -OCH3 is 1. The summed E-state index contributed by atoms with van der Waals surface area (Å²) in [6, 6.07) is 15.8. The van der Waals surface area contributed by atoms with Gasteiger partial charge < -0.3 is 9.64 Å². The topological polar surface area (TPSA) is 59.7 Å². The molecule has 1 aromatic carbocycles. The second kappa shape index (κ2) is 7.91. The minimum Gasteiger partial charge on any atom is -0.497 e. The van der Waals surface area contributed by atoms with E-state index in [1.165, 1.54) is 11.3 Å². The molecule has 1 aliphatic rings. The molecule has 4 heterocycles. The maximum atomic E-state index is 12.7. The summed E-state index contributed by atoms with van der Waals surface area (Å²) >= 11 is 1.49. The van der Waals surface area contributed by atoms with Gasteiger partial charge in [-0.25, -0.2) is 9.50 Å². The number of carbonyl (C=O) groups is 1. The van der Waals surface area contributed by atoms with Crippen LogP contribution in [0.15, 0.2) is 60.1 Å². The van der Waals surface area contributed by atoms with Gasteiger partial charge in [0.25, 0.3) is 5.91 Å². The zero-order valence-electron chi connectivity index (χ0n) is 16.7. The molecular weight excluding hydrogens is 396 g/mol. The summed E-state index contributed by atoms with van der Waals surface area (Å²) in [6.45, 7) is 1.46. The Morgan fingerprint density at radius 1 is 1.17 bits per heavy atom. The number of aromatic nitrogens is 3. The number of fused-ring (bicyclic) bond motifs is 1. The molecule has 1 fully saturated rings. The molecule has 1 atom stereocenters. The van der Waals surface area contributed by atoms with Gasteiger partial charge in [-0.1, -0.05) is 18.2 Å². The van der Waals surface area contributed by atoms with Crippen LogP contribution in [-0.4, -0.2) is 45.6 Å². The summed E-state index contributed by atoms with van der Waals surface area (Å²) in [5, 5.41) is 6.70. The van der Waals surface area contributed by atoms with Crippen molar-refractivity contribution in [1.82, 2.24) is 19.5 Å². The molecule has 1 unspecified atom stereocenters. The molecule has 0 radical (unpaired) electrons. The fourth-order valence-corrected chi connectivity index (χ4v) is 4.67. The molecule has 5 rings (SSSR count). The lowest BCUT2D eigenvalue weighted by molar-refractivity contribution is 0.0709. The van der Waals surface area contributed by atoms with E-state index in [-0.39, 0.29) is 11.8 Å².